The van der Waals surface area contributed by atoms with Crippen LogP contribution in [-0.2, 0) is 4.84 Å². The van der Waals surface area contributed by atoms with Gasteiger partial charge in [-0.1, -0.05) is 25.3 Å². The van der Waals surface area contributed by atoms with Gasteiger partial charge in [-0.3, -0.25) is 14.4 Å². The average Bonchev–Trinajstić information content (AvgIpc) is 3.17. The molecule has 0 radical (unpaired) electrons. The third-order valence-electron chi connectivity index (χ3n) is 6.30. The number of fused-ring (bicyclic) bond motifs is 1. The molecule has 1 aromatic carbocycles. The highest BCUT2D eigenvalue weighted by molar-refractivity contribution is 5.99. The topological polar surface area (TPSA) is 110 Å². The Morgan fingerprint density at radius 1 is 1.15 bits per heavy atom. The Bertz CT molecular complexity index is 1170. The van der Waals surface area contributed by atoms with Gasteiger partial charge in [-0.25, -0.2) is 15.0 Å². The zero-order valence-corrected chi connectivity index (χ0v) is 19.3. The third kappa shape index (κ3) is 4.98. The Labute approximate surface area is 192 Å². The summed E-state index contributed by atoms with van der Waals surface area (Å²) < 4.78 is 1.66. The van der Waals surface area contributed by atoms with E-state index in [9.17, 15) is 9.59 Å². The molecule has 1 fully saturated rings. The number of aryl methyl sites for hydroxylation is 2. The van der Waals surface area contributed by atoms with Crippen molar-refractivity contribution in [1.82, 2.24) is 25.4 Å². The van der Waals surface area contributed by atoms with Gasteiger partial charge in [-0.05, 0) is 55.9 Å². The maximum atomic E-state index is 12.9. The van der Waals surface area contributed by atoms with Gasteiger partial charge < -0.3 is 10.6 Å². The number of anilines is 2. The lowest BCUT2D eigenvalue weighted by atomic mass is 9.89. The summed E-state index contributed by atoms with van der Waals surface area (Å²) in [6, 6.07) is 5.31. The standard InChI is InChI=1S/C24H30N6O3/c1-15-9-10-18(23(31)29-33-3)11-20(15)28-22-21-16(2)19(13-30(21)27-14-26-22)24(32)25-12-17-7-5-4-6-8-17/h9-11,13-14,17H,4-8,12H2,1-3H3,(H,25,32)(H,29,31)(H,26,27,28). The maximum Gasteiger partial charge on any atom is 0.274 e. The predicted octanol–water partition coefficient (Wildman–Crippen LogP) is 3.69. The van der Waals surface area contributed by atoms with Crippen LogP contribution in [0, 0.1) is 19.8 Å². The molecule has 9 nitrogen and oxygen atoms in total. The van der Waals surface area contributed by atoms with E-state index in [-0.39, 0.29) is 11.8 Å². The van der Waals surface area contributed by atoms with E-state index < -0.39 is 0 Å². The molecule has 0 aliphatic heterocycles. The van der Waals surface area contributed by atoms with Crippen molar-refractivity contribution in [3.8, 4) is 0 Å². The number of hydrogen-bond acceptors (Lipinski definition) is 6. The molecule has 0 saturated heterocycles. The highest BCUT2D eigenvalue weighted by Crippen LogP contribution is 2.28. The molecule has 9 heteroatoms. The Morgan fingerprint density at radius 3 is 2.70 bits per heavy atom. The predicted molar refractivity (Wildman–Crippen MR) is 126 cm³/mol. The number of carbonyl (C=O) groups excluding carboxylic acids is 2. The lowest BCUT2D eigenvalue weighted by Crippen LogP contribution is -2.30. The van der Waals surface area contributed by atoms with Gasteiger partial charge in [0.15, 0.2) is 5.82 Å². The SMILES string of the molecule is CONC(=O)c1ccc(C)c(Nc2ncnn3cc(C(=O)NCC4CCCCC4)c(C)c23)c1. The fourth-order valence-corrected chi connectivity index (χ4v) is 4.38. The molecule has 0 unspecified atom stereocenters. The number of nitrogens with zero attached hydrogens (tertiary/aromatic N) is 3. The van der Waals surface area contributed by atoms with Crippen molar-refractivity contribution in [3.63, 3.8) is 0 Å². The van der Waals surface area contributed by atoms with Crippen LogP contribution in [0.2, 0.25) is 0 Å². The maximum absolute atomic E-state index is 12.9. The summed E-state index contributed by atoms with van der Waals surface area (Å²) in [6.45, 7) is 4.54. The Balaban J connectivity index is 1.58. The Hall–Kier alpha value is -3.46. The fraction of sp³-hybridized carbons (Fsp3) is 0.417. The second-order valence-corrected chi connectivity index (χ2v) is 8.57. The smallest absolute Gasteiger partial charge is 0.274 e. The van der Waals surface area contributed by atoms with Crippen molar-refractivity contribution in [3.05, 3.63) is 53.0 Å². The van der Waals surface area contributed by atoms with Gasteiger partial charge in [0.25, 0.3) is 11.8 Å². The molecule has 1 saturated carbocycles. The number of carbonyl (C=O) groups is 2. The Kier molecular flexibility index (Phi) is 6.88. The van der Waals surface area contributed by atoms with Crippen molar-refractivity contribution >= 4 is 28.8 Å². The molecule has 33 heavy (non-hydrogen) atoms. The molecule has 174 valence electrons. The minimum atomic E-state index is -0.343. The van der Waals surface area contributed by atoms with Crippen LogP contribution >= 0.6 is 0 Å². The van der Waals surface area contributed by atoms with Crippen molar-refractivity contribution in [2.45, 2.75) is 46.0 Å². The van der Waals surface area contributed by atoms with Crippen LogP contribution in [0.4, 0.5) is 11.5 Å². The first kappa shape index (κ1) is 22.7. The van der Waals surface area contributed by atoms with E-state index in [1.807, 2.05) is 19.9 Å². The first-order chi connectivity index (χ1) is 16.0. The second kappa shape index (κ2) is 9.99. The van der Waals surface area contributed by atoms with Gasteiger partial charge in [-0.15, -0.1) is 0 Å². The zero-order chi connectivity index (χ0) is 23.4. The van der Waals surface area contributed by atoms with Crippen molar-refractivity contribution in [2.24, 2.45) is 5.92 Å². The number of rotatable bonds is 7. The number of aromatic nitrogens is 3. The molecule has 2 amide bonds. The lowest BCUT2D eigenvalue weighted by molar-refractivity contribution is 0.0537. The molecule has 0 atom stereocenters. The van der Waals surface area contributed by atoms with Crippen LogP contribution in [0.5, 0.6) is 0 Å². The fourth-order valence-electron chi connectivity index (χ4n) is 4.38. The molecule has 0 spiro atoms. The highest BCUT2D eigenvalue weighted by Gasteiger charge is 2.20. The van der Waals surface area contributed by atoms with E-state index in [4.69, 9.17) is 4.84 Å². The van der Waals surface area contributed by atoms with E-state index in [0.29, 0.717) is 34.9 Å². The van der Waals surface area contributed by atoms with Gasteiger partial charge >= 0.3 is 0 Å². The van der Waals surface area contributed by atoms with E-state index in [1.165, 1.54) is 45.5 Å². The van der Waals surface area contributed by atoms with Crippen molar-refractivity contribution in [1.29, 1.82) is 0 Å². The number of nitrogens with one attached hydrogen (secondary N) is 3. The summed E-state index contributed by atoms with van der Waals surface area (Å²) in [4.78, 5) is 34.2. The number of amides is 2. The second-order valence-electron chi connectivity index (χ2n) is 8.57. The molecule has 3 N–H and O–H groups in total. The molecule has 4 rings (SSSR count). The van der Waals surface area contributed by atoms with Gasteiger partial charge in [0, 0.05) is 24.0 Å². The normalized spacial score (nSPS) is 14.3. The number of hydrogen-bond donors (Lipinski definition) is 3. The summed E-state index contributed by atoms with van der Waals surface area (Å²) >= 11 is 0. The molecule has 1 aliphatic rings. The summed E-state index contributed by atoms with van der Waals surface area (Å²) in [5.41, 5.74) is 6.53. The van der Waals surface area contributed by atoms with Gasteiger partial charge in [0.05, 0.1) is 12.7 Å². The molecule has 2 heterocycles. The first-order valence-electron chi connectivity index (χ1n) is 11.3. The van der Waals surface area contributed by atoms with Crippen LogP contribution in [0.3, 0.4) is 0 Å². The summed E-state index contributed by atoms with van der Waals surface area (Å²) in [5, 5.41) is 10.7. The summed E-state index contributed by atoms with van der Waals surface area (Å²) in [5.74, 6) is 0.678. The van der Waals surface area contributed by atoms with Crippen LogP contribution in [0.1, 0.15) is 63.9 Å². The van der Waals surface area contributed by atoms with Gasteiger partial charge in [-0.2, -0.15) is 5.10 Å². The minimum Gasteiger partial charge on any atom is -0.352 e. The zero-order valence-electron chi connectivity index (χ0n) is 19.3. The van der Waals surface area contributed by atoms with Crippen molar-refractivity contribution < 1.29 is 14.4 Å². The van der Waals surface area contributed by atoms with E-state index >= 15 is 0 Å². The number of hydroxylamine groups is 1. The van der Waals surface area contributed by atoms with E-state index in [0.717, 1.165) is 16.8 Å². The van der Waals surface area contributed by atoms with Crippen LogP contribution < -0.4 is 16.1 Å². The molecular formula is C24H30N6O3. The molecule has 3 aromatic rings. The minimum absolute atomic E-state index is 0.0936. The van der Waals surface area contributed by atoms with E-state index in [2.05, 4.69) is 26.2 Å². The lowest BCUT2D eigenvalue weighted by Gasteiger charge is -2.21. The first-order valence-corrected chi connectivity index (χ1v) is 11.3. The Morgan fingerprint density at radius 2 is 1.94 bits per heavy atom. The largest absolute Gasteiger partial charge is 0.352 e. The van der Waals surface area contributed by atoms with E-state index in [1.54, 1.807) is 22.8 Å². The summed E-state index contributed by atoms with van der Waals surface area (Å²) in [7, 11) is 1.39. The third-order valence-corrected chi connectivity index (χ3v) is 6.30. The molecule has 1 aliphatic carbocycles. The number of benzene rings is 1. The molecule has 0 bridgehead atoms. The van der Waals surface area contributed by atoms with Crippen molar-refractivity contribution in [2.75, 3.05) is 19.0 Å². The quantitative estimate of drug-likeness (QED) is 0.474. The monoisotopic (exact) mass is 450 g/mol. The van der Waals surface area contributed by atoms with Gasteiger partial charge in [0.2, 0.25) is 0 Å². The highest BCUT2D eigenvalue weighted by atomic mass is 16.6. The van der Waals surface area contributed by atoms with Crippen LogP contribution in [0.15, 0.2) is 30.7 Å². The van der Waals surface area contributed by atoms with Crippen LogP contribution in [0.25, 0.3) is 5.52 Å². The average molecular weight is 451 g/mol. The van der Waals surface area contributed by atoms with Gasteiger partial charge in [0.1, 0.15) is 11.8 Å². The van der Waals surface area contributed by atoms with Crippen LogP contribution in [-0.4, -0.2) is 40.1 Å². The molecular weight excluding hydrogens is 420 g/mol. The summed E-state index contributed by atoms with van der Waals surface area (Å²) in [6.07, 6.45) is 9.32. The molecule has 2 aromatic heterocycles.